The van der Waals surface area contributed by atoms with Crippen molar-refractivity contribution in [2.45, 2.75) is 50.5 Å². The van der Waals surface area contributed by atoms with Crippen molar-refractivity contribution in [1.29, 1.82) is 0 Å². The van der Waals surface area contributed by atoms with E-state index in [1.165, 1.54) is 63.6 Å². The van der Waals surface area contributed by atoms with E-state index in [1.807, 2.05) is 0 Å². The number of hydrogen-bond acceptors (Lipinski definition) is 3. The minimum atomic E-state index is 0.362. The summed E-state index contributed by atoms with van der Waals surface area (Å²) in [5.41, 5.74) is 2.50. The van der Waals surface area contributed by atoms with Crippen LogP contribution in [0.1, 0.15) is 44.1 Å². The Labute approximate surface area is 146 Å². The topological polar surface area (TPSA) is 24.5 Å². The fourth-order valence-corrected chi connectivity index (χ4v) is 5.32. The van der Waals surface area contributed by atoms with Gasteiger partial charge in [-0.25, -0.2) is 0 Å². The van der Waals surface area contributed by atoms with E-state index in [0.29, 0.717) is 11.0 Å². The normalized spacial score (nSPS) is 27.2. The summed E-state index contributed by atoms with van der Waals surface area (Å²) in [5.74, 6) is 0. The number of ether oxygens (including phenoxy) is 1. The van der Waals surface area contributed by atoms with E-state index in [1.54, 1.807) is 0 Å². The van der Waals surface area contributed by atoms with E-state index in [2.05, 4.69) is 40.5 Å². The van der Waals surface area contributed by atoms with Gasteiger partial charge < -0.3 is 10.1 Å². The first-order valence-corrected chi connectivity index (χ1v) is 9.88. The van der Waals surface area contributed by atoms with Gasteiger partial charge in [-0.15, -0.1) is 0 Å². The lowest BCUT2D eigenvalue weighted by Crippen LogP contribution is -2.58. The minimum Gasteiger partial charge on any atom is -0.379 e. The molecule has 0 bridgehead atoms. The average molecular weight is 329 g/mol. The molecule has 3 aliphatic rings. The molecule has 1 N–H and O–H groups in total. The Morgan fingerprint density at radius 1 is 0.875 bits per heavy atom. The molecule has 1 spiro atoms. The maximum atomic E-state index is 5.65. The average Bonchev–Trinajstić information content (AvgIpc) is 2.66. The van der Waals surface area contributed by atoms with Crippen LogP contribution in [0.3, 0.4) is 0 Å². The molecule has 1 aromatic carbocycles. The van der Waals surface area contributed by atoms with E-state index in [4.69, 9.17) is 4.74 Å². The van der Waals surface area contributed by atoms with Crippen LogP contribution in [0.2, 0.25) is 0 Å². The second-order valence-corrected chi connectivity index (χ2v) is 8.24. The number of benzene rings is 1. The first-order valence-electron chi connectivity index (χ1n) is 9.88. The number of nitrogens with zero attached hydrogens (tertiary/aromatic N) is 1. The van der Waals surface area contributed by atoms with Crippen LogP contribution < -0.4 is 5.32 Å². The van der Waals surface area contributed by atoms with Crippen molar-refractivity contribution in [1.82, 2.24) is 10.2 Å². The molecule has 3 heteroatoms. The van der Waals surface area contributed by atoms with Crippen LogP contribution >= 0.6 is 0 Å². The van der Waals surface area contributed by atoms with Crippen molar-refractivity contribution in [2.24, 2.45) is 5.41 Å². The lowest BCUT2D eigenvalue weighted by molar-refractivity contribution is -0.0582. The van der Waals surface area contributed by atoms with Gasteiger partial charge in [0, 0.05) is 18.6 Å². The lowest BCUT2D eigenvalue weighted by atomic mass is 9.61. The first-order chi connectivity index (χ1) is 11.8. The molecule has 1 aromatic rings. The molecule has 0 radical (unpaired) electrons. The molecule has 0 aromatic heterocycles. The highest BCUT2D eigenvalue weighted by atomic mass is 16.5. The Hall–Kier alpha value is -0.900. The molecule has 3 fully saturated rings. The minimum absolute atomic E-state index is 0.362. The van der Waals surface area contributed by atoms with Gasteiger partial charge in [0.1, 0.15) is 0 Å². The monoisotopic (exact) mass is 328 g/mol. The molecule has 132 valence electrons. The van der Waals surface area contributed by atoms with E-state index in [0.717, 1.165) is 26.3 Å². The number of piperidine rings is 1. The summed E-state index contributed by atoms with van der Waals surface area (Å²) in [6.45, 7) is 6.49. The first kappa shape index (κ1) is 16.6. The maximum absolute atomic E-state index is 5.65. The van der Waals surface area contributed by atoms with Crippen molar-refractivity contribution in [3.8, 4) is 0 Å². The largest absolute Gasteiger partial charge is 0.379 e. The highest BCUT2D eigenvalue weighted by Crippen LogP contribution is 2.49. The second kappa shape index (κ2) is 7.15. The molecule has 0 amide bonds. The summed E-state index contributed by atoms with van der Waals surface area (Å²) in [4.78, 5) is 2.78. The van der Waals surface area contributed by atoms with Crippen LogP contribution in [0.5, 0.6) is 0 Å². The van der Waals surface area contributed by atoms with Gasteiger partial charge >= 0.3 is 0 Å². The highest BCUT2D eigenvalue weighted by Gasteiger charge is 2.46. The number of nitrogens with one attached hydrogen (secondary N) is 1. The van der Waals surface area contributed by atoms with Crippen LogP contribution in [0.25, 0.3) is 0 Å². The number of morpholine rings is 1. The summed E-state index contributed by atoms with van der Waals surface area (Å²) in [5, 5.41) is 3.55. The van der Waals surface area contributed by atoms with Crippen molar-refractivity contribution >= 4 is 0 Å². The second-order valence-electron chi connectivity index (χ2n) is 8.24. The van der Waals surface area contributed by atoms with E-state index >= 15 is 0 Å². The molecule has 1 aliphatic carbocycles. The third kappa shape index (κ3) is 3.40. The van der Waals surface area contributed by atoms with Crippen molar-refractivity contribution < 1.29 is 4.74 Å². The van der Waals surface area contributed by atoms with E-state index in [-0.39, 0.29) is 0 Å². The van der Waals surface area contributed by atoms with Gasteiger partial charge in [-0.1, -0.05) is 30.3 Å². The zero-order chi connectivity index (χ0) is 16.3. The van der Waals surface area contributed by atoms with Crippen molar-refractivity contribution in [2.75, 3.05) is 39.4 Å². The van der Waals surface area contributed by atoms with Gasteiger partial charge in [0.25, 0.3) is 0 Å². The fraction of sp³-hybridized carbons (Fsp3) is 0.714. The fourth-order valence-electron chi connectivity index (χ4n) is 5.32. The maximum Gasteiger partial charge on any atom is 0.0594 e. The van der Waals surface area contributed by atoms with Gasteiger partial charge in [-0.05, 0) is 69.0 Å². The number of hydrogen-bond donors (Lipinski definition) is 1. The van der Waals surface area contributed by atoms with Crippen LogP contribution in [0.4, 0.5) is 0 Å². The van der Waals surface area contributed by atoms with Crippen molar-refractivity contribution in [3.05, 3.63) is 35.9 Å². The molecule has 24 heavy (non-hydrogen) atoms. The third-order valence-corrected chi connectivity index (χ3v) is 6.96. The molecular formula is C21H32N2O. The van der Waals surface area contributed by atoms with Gasteiger partial charge in [0.05, 0.1) is 13.2 Å². The summed E-state index contributed by atoms with van der Waals surface area (Å²) in [6.07, 6.45) is 9.54. The van der Waals surface area contributed by atoms with E-state index in [9.17, 15) is 0 Å². The van der Waals surface area contributed by atoms with Gasteiger partial charge in [-0.2, -0.15) is 0 Å². The lowest BCUT2D eigenvalue weighted by Gasteiger charge is -2.54. The predicted octanol–water partition coefficient (Wildman–Crippen LogP) is 3.24. The summed E-state index contributed by atoms with van der Waals surface area (Å²) >= 11 is 0. The van der Waals surface area contributed by atoms with Crippen molar-refractivity contribution in [3.63, 3.8) is 0 Å². The quantitative estimate of drug-likeness (QED) is 0.922. The van der Waals surface area contributed by atoms with Crippen LogP contribution in [0, 0.1) is 5.41 Å². The zero-order valence-electron chi connectivity index (χ0n) is 14.9. The molecule has 2 heterocycles. The van der Waals surface area contributed by atoms with Crippen LogP contribution in [-0.2, 0) is 11.2 Å². The van der Waals surface area contributed by atoms with Gasteiger partial charge in [-0.3, -0.25) is 4.90 Å². The SMILES string of the molecule is c1ccc(CC2(N3CCOCC3)CCC3(CCNCC3)CC2)cc1. The molecule has 2 aliphatic heterocycles. The molecule has 4 rings (SSSR count). The Morgan fingerprint density at radius 2 is 1.54 bits per heavy atom. The standard InChI is InChI=1S/C21H32N2O/c1-2-4-19(5-3-1)18-21(23-14-16-24-17-15-23)8-6-20(7-9-21)10-12-22-13-11-20/h1-5,22H,6-18H2. The van der Waals surface area contributed by atoms with Gasteiger partial charge in [0.15, 0.2) is 0 Å². The Kier molecular flexibility index (Phi) is 4.93. The van der Waals surface area contributed by atoms with Crippen LogP contribution in [-0.4, -0.2) is 49.8 Å². The van der Waals surface area contributed by atoms with Crippen LogP contribution in [0.15, 0.2) is 30.3 Å². The molecule has 0 unspecified atom stereocenters. The Morgan fingerprint density at radius 3 is 2.21 bits per heavy atom. The molecular weight excluding hydrogens is 296 g/mol. The molecule has 3 nitrogen and oxygen atoms in total. The molecule has 2 saturated heterocycles. The third-order valence-electron chi connectivity index (χ3n) is 6.96. The zero-order valence-corrected chi connectivity index (χ0v) is 14.9. The highest BCUT2D eigenvalue weighted by molar-refractivity contribution is 5.19. The number of rotatable bonds is 3. The Bertz CT molecular complexity index is 508. The smallest absolute Gasteiger partial charge is 0.0594 e. The summed E-state index contributed by atoms with van der Waals surface area (Å²) in [7, 11) is 0. The molecule has 1 saturated carbocycles. The Balaban J connectivity index is 1.53. The van der Waals surface area contributed by atoms with E-state index < -0.39 is 0 Å². The summed E-state index contributed by atoms with van der Waals surface area (Å²) < 4.78 is 5.65. The predicted molar refractivity (Wildman–Crippen MR) is 98.3 cm³/mol. The molecule has 0 atom stereocenters. The van der Waals surface area contributed by atoms with Gasteiger partial charge in [0.2, 0.25) is 0 Å². The summed E-state index contributed by atoms with van der Waals surface area (Å²) in [6, 6.07) is 11.2.